The van der Waals surface area contributed by atoms with Crippen LogP contribution in [0, 0.1) is 0 Å². The van der Waals surface area contributed by atoms with E-state index >= 15 is 0 Å². The van der Waals surface area contributed by atoms with Gasteiger partial charge >= 0.3 is 0 Å². The van der Waals surface area contributed by atoms with Gasteiger partial charge in [0.15, 0.2) is 0 Å². The van der Waals surface area contributed by atoms with Crippen LogP contribution in [0.3, 0.4) is 0 Å². The molecule has 2 aromatic carbocycles. The number of hydrogen-bond acceptors (Lipinski definition) is 4. The SMILES string of the molecule is COc1ccc(C(OC)C(C)NC(=O)c2ccc(CN)cc2)cc1. The fourth-order valence-electron chi connectivity index (χ4n) is 2.58. The third kappa shape index (κ3) is 4.34. The van der Waals surface area contributed by atoms with E-state index in [1.165, 1.54) is 0 Å². The van der Waals surface area contributed by atoms with Gasteiger partial charge in [-0.25, -0.2) is 0 Å². The lowest BCUT2D eigenvalue weighted by molar-refractivity contribution is 0.0644. The highest BCUT2D eigenvalue weighted by Crippen LogP contribution is 2.23. The summed E-state index contributed by atoms with van der Waals surface area (Å²) in [5.41, 5.74) is 8.14. The van der Waals surface area contributed by atoms with E-state index in [9.17, 15) is 4.79 Å². The van der Waals surface area contributed by atoms with Gasteiger partial charge in [0.05, 0.1) is 13.2 Å². The molecule has 128 valence electrons. The Balaban J connectivity index is 2.06. The number of amides is 1. The van der Waals surface area contributed by atoms with Crippen LogP contribution in [-0.4, -0.2) is 26.2 Å². The van der Waals surface area contributed by atoms with Crippen molar-refractivity contribution in [3.05, 3.63) is 65.2 Å². The Morgan fingerprint density at radius 3 is 2.21 bits per heavy atom. The molecule has 0 aliphatic heterocycles. The maximum Gasteiger partial charge on any atom is 0.251 e. The van der Waals surface area contributed by atoms with Crippen molar-refractivity contribution >= 4 is 5.91 Å². The molecule has 0 radical (unpaired) electrons. The van der Waals surface area contributed by atoms with Crippen LogP contribution in [0.4, 0.5) is 0 Å². The lowest BCUT2D eigenvalue weighted by atomic mass is 10.0. The van der Waals surface area contributed by atoms with E-state index in [2.05, 4.69) is 5.32 Å². The van der Waals surface area contributed by atoms with Crippen molar-refractivity contribution in [1.82, 2.24) is 5.32 Å². The summed E-state index contributed by atoms with van der Waals surface area (Å²) in [6, 6.07) is 14.7. The highest BCUT2D eigenvalue weighted by atomic mass is 16.5. The number of rotatable bonds is 7. The molecule has 0 saturated heterocycles. The summed E-state index contributed by atoms with van der Waals surface area (Å²) in [5, 5.41) is 2.99. The average Bonchev–Trinajstić information content (AvgIpc) is 2.63. The first-order valence-corrected chi connectivity index (χ1v) is 7.85. The number of carbonyl (C=O) groups is 1. The Morgan fingerprint density at radius 2 is 1.71 bits per heavy atom. The zero-order valence-electron chi connectivity index (χ0n) is 14.3. The molecule has 0 aliphatic carbocycles. The van der Waals surface area contributed by atoms with Gasteiger partial charge in [-0.2, -0.15) is 0 Å². The summed E-state index contributed by atoms with van der Waals surface area (Å²) in [6.45, 7) is 2.38. The van der Waals surface area contributed by atoms with Crippen LogP contribution in [0.5, 0.6) is 5.75 Å². The van der Waals surface area contributed by atoms with E-state index in [1.54, 1.807) is 26.4 Å². The van der Waals surface area contributed by atoms with Crippen molar-refractivity contribution in [2.75, 3.05) is 14.2 Å². The second-order valence-electron chi connectivity index (χ2n) is 5.59. The van der Waals surface area contributed by atoms with Crippen molar-refractivity contribution in [3.8, 4) is 5.75 Å². The Kier molecular flexibility index (Phi) is 6.35. The van der Waals surface area contributed by atoms with Crippen LogP contribution < -0.4 is 15.8 Å². The van der Waals surface area contributed by atoms with Crippen LogP contribution in [-0.2, 0) is 11.3 Å². The van der Waals surface area contributed by atoms with Gasteiger partial charge in [-0.3, -0.25) is 4.79 Å². The van der Waals surface area contributed by atoms with Gasteiger partial charge in [-0.05, 0) is 42.3 Å². The van der Waals surface area contributed by atoms with Crippen LogP contribution in [0.15, 0.2) is 48.5 Å². The van der Waals surface area contributed by atoms with Gasteiger partial charge in [-0.15, -0.1) is 0 Å². The number of nitrogens with one attached hydrogen (secondary N) is 1. The van der Waals surface area contributed by atoms with Gasteiger partial charge in [0.1, 0.15) is 11.9 Å². The van der Waals surface area contributed by atoms with Gasteiger partial charge in [-0.1, -0.05) is 24.3 Å². The Hall–Kier alpha value is -2.37. The van der Waals surface area contributed by atoms with E-state index in [0.29, 0.717) is 12.1 Å². The first-order chi connectivity index (χ1) is 11.6. The molecule has 3 N–H and O–H groups in total. The van der Waals surface area contributed by atoms with Gasteiger partial charge < -0.3 is 20.5 Å². The van der Waals surface area contributed by atoms with E-state index < -0.39 is 0 Å². The number of ether oxygens (including phenoxy) is 2. The maximum absolute atomic E-state index is 12.4. The first-order valence-electron chi connectivity index (χ1n) is 7.85. The minimum absolute atomic E-state index is 0.137. The lowest BCUT2D eigenvalue weighted by Crippen LogP contribution is -2.37. The molecule has 5 heteroatoms. The number of nitrogens with two attached hydrogens (primary N) is 1. The molecule has 0 heterocycles. The first kappa shape index (κ1) is 18.0. The van der Waals surface area contributed by atoms with Crippen LogP contribution >= 0.6 is 0 Å². The smallest absolute Gasteiger partial charge is 0.251 e. The molecule has 5 nitrogen and oxygen atoms in total. The molecule has 1 amide bonds. The number of carbonyl (C=O) groups excluding carboxylic acids is 1. The quantitative estimate of drug-likeness (QED) is 0.819. The summed E-state index contributed by atoms with van der Waals surface area (Å²) in [4.78, 5) is 12.4. The summed E-state index contributed by atoms with van der Waals surface area (Å²) < 4.78 is 10.7. The molecule has 0 saturated carbocycles. The second kappa shape index (κ2) is 8.47. The molecule has 2 aromatic rings. The summed E-state index contributed by atoms with van der Waals surface area (Å²) in [7, 11) is 3.26. The molecular weight excluding hydrogens is 304 g/mol. The summed E-state index contributed by atoms with van der Waals surface area (Å²) in [6.07, 6.45) is -0.247. The fraction of sp³-hybridized carbons (Fsp3) is 0.316. The maximum atomic E-state index is 12.4. The minimum Gasteiger partial charge on any atom is -0.497 e. The Morgan fingerprint density at radius 1 is 1.08 bits per heavy atom. The van der Waals surface area contributed by atoms with Crippen molar-refractivity contribution in [3.63, 3.8) is 0 Å². The van der Waals surface area contributed by atoms with E-state index in [1.807, 2.05) is 43.3 Å². The minimum atomic E-state index is -0.247. The normalized spacial score (nSPS) is 13.2. The van der Waals surface area contributed by atoms with Crippen LogP contribution in [0.25, 0.3) is 0 Å². The molecule has 0 bridgehead atoms. The third-order valence-electron chi connectivity index (χ3n) is 3.96. The predicted molar refractivity (Wildman–Crippen MR) is 94.0 cm³/mol. The molecule has 2 atom stereocenters. The highest BCUT2D eigenvalue weighted by Gasteiger charge is 2.21. The molecule has 24 heavy (non-hydrogen) atoms. The molecule has 0 aliphatic rings. The predicted octanol–water partition coefficient (Wildman–Crippen LogP) is 2.66. The van der Waals surface area contributed by atoms with E-state index in [0.717, 1.165) is 16.9 Å². The highest BCUT2D eigenvalue weighted by molar-refractivity contribution is 5.94. The van der Waals surface area contributed by atoms with Crippen molar-refractivity contribution < 1.29 is 14.3 Å². The van der Waals surface area contributed by atoms with Gasteiger partial charge in [0.2, 0.25) is 0 Å². The van der Waals surface area contributed by atoms with Crippen LogP contribution in [0.2, 0.25) is 0 Å². The number of methoxy groups -OCH3 is 2. The van der Waals surface area contributed by atoms with Gasteiger partial charge in [0.25, 0.3) is 5.91 Å². The topological polar surface area (TPSA) is 73.6 Å². The zero-order valence-corrected chi connectivity index (χ0v) is 14.3. The fourth-order valence-corrected chi connectivity index (χ4v) is 2.58. The molecule has 0 aromatic heterocycles. The zero-order chi connectivity index (χ0) is 17.5. The molecule has 2 rings (SSSR count). The number of benzene rings is 2. The molecule has 2 unspecified atom stereocenters. The van der Waals surface area contributed by atoms with E-state index in [-0.39, 0.29) is 18.1 Å². The molecule has 0 fully saturated rings. The lowest BCUT2D eigenvalue weighted by Gasteiger charge is -2.24. The van der Waals surface area contributed by atoms with Gasteiger partial charge in [0, 0.05) is 19.2 Å². The molecular formula is C19H24N2O3. The van der Waals surface area contributed by atoms with E-state index in [4.69, 9.17) is 15.2 Å². The monoisotopic (exact) mass is 328 g/mol. The Bertz CT molecular complexity index is 653. The third-order valence-corrected chi connectivity index (χ3v) is 3.96. The summed E-state index contributed by atoms with van der Waals surface area (Å²) >= 11 is 0. The second-order valence-corrected chi connectivity index (χ2v) is 5.59. The standard InChI is InChI=1S/C19H24N2O3/c1-13(18(24-3)15-8-10-17(23-2)11-9-15)21-19(22)16-6-4-14(12-20)5-7-16/h4-11,13,18H,12,20H2,1-3H3,(H,21,22). The Labute approximate surface area is 142 Å². The van der Waals surface area contributed by atoms with Crippen LogP contribution in [0.1, 0.15) is 34.5 Å². The van der Waals surface area contributed by atoms with Crippen molar-refractivity contribution in [1.29, 1.82) is 0 Å². The van der Waals surface area contributed by atoms with Crippen molar-refractivity contribution in [2.45, 2.75) is 25.6 Å². The molecule has 0 spiro atoms. The number of hydrogen-bond donors (Lipinski definition) is 2. The largest absolute Gasteiger partial charge is 0.497 e. The van der Waals surface area contributed by atoms with Crippen molar-refractivity contribution in [2.24, 2.45) is 5.73 Å². The summed E-state index contributed by atoms with van der Waals surface area (Å²) in [5.74, 6) is 0.645. The average molecular weight is 328 g/mol.